The summed E-state index contributed by atoms with van der Waals surface area (Å²) in [5.41, 5.74) is 1.78. The molecule has 0 saturated carbocycles. The van der Waals surface area contributed by atoms with Gasteiger partial charge in [0.15, 0.2) is 0 Å². The van der Waals surface area contributed by atoms with Crippen molar-refractivity contribution in [3.8, 4) is 5.75 Å². The minimum absolute atomic E-state index is 0.118. The van der Waals surface area contributed by atoms with Gasteiger partial charge in [0.05, 0.1) is 7.11 Å². The highest BCUT2D eigenvalue weighted by molar-refractivity contribution is 5.84. The molecule has 1 aromatic heterocycles. The minimum atomic E-state index is -1.86. The summed E-state index contributed by atoms with van der Waals surface area (Å²) in [4.78, 5) is 4.47. The van der Waals surface area contributed by atoms with E-state index in [2.05, 4.69) is 4.98 Å². The van der Waals surface area contributed by atoms with Gasteiger partial charge in [-0.2, -0.15) is 0 Å². The molecule has 0 radical (unpaired) electrons. The number of H-pyrrole nitrogens is 1. The molecule has 0 saturated heterocycles. The van der Waals surface area contributed by atoms with E-state index in [4.69, 9.17) is 4.74 Å². The molecule has 2 rings (SSSR count). The van der Waals surface area contributed by atoms with Crippen LogP contribution in [0.3, 0.4) is 0 Å². The van der Waals surface area contributed by atoms with Crippen LogP contribution in [0.25, 0.3) is 10.9 Å². The number of aliphatic hydroxyl groups is 2. The second-order valence-electron chi connectivity index (χ2n) is 4.57. The van der Waals surface area contributed by atoms with Crippen LogP contribution < -0.4 is 4.74 Å². The van der Waals surface area contributed by atoms with E-state index < -0.39 is 5.91 Å². The first kappa shape index (κ1) is 12.9. The third-order valence-corrected chi connectivity index (χ3v) is 3.12. The summed E-state index contributed by atoms with van der Waals surface area (Å²) in [6, 6.07) is 5.65. The summed E-state index contributed by atoms with van der Waals surface area (Å²) in [5.74, 6) is -1.12. The molecule has 1 aromatic carbocycles. The first-order valence-corrected chi connectivity index (χ1v) is 5.70. The summed E-state index contributed by atoms with van der Waals surface area (Å²) < 4.78 is 5.17. The number of nitrogens with zero attached hydrogens (tertiary/aromatic N) is 1. The Morgan fingerprint density at radius 2 is 2.06 bits per heavy atom. The molecule has 0 unspecified atom stereocenters. The second-order valence-corrected chi connectivity index (χ2v) is 4.57. The number of fused-ring (bicyclic) bond motifs is 1. The normalized spacial score (nSPS) is 12.3. The van der Waals surface area contributed by atoms with Crippen LogP contribution in [-0.4, -0.2) is 47.2 Å². The molecule has 5 nitrogen and oxygen atoms in total. The van der Waals surface area contributed by atoms with Crippen molar-refractivity contribution in [3.05, 3.63) is 30.0 Å². The number of benzene rings is 1. The molecule has 1 heterocycles. The molecule has 0 amide bonds. The molecular formula is C13H18N2O3. The van der Waals surface area contributed by atoms with Gasteiger partial charge < -0.3 is 19.9 Å². The molecule has 0 fully saturated rings. The standard InChI is InChI=1S/C13H18N2O3/c1-15(2)13(16,17)7-9-8-14-12-5-4-10(18-3)6-11(9)12/h4-6,8,14,16-17H,7H2,1-3H3. The maximum atomic E-state index is 9.89. The molecule has 0 bridgehead atoms. The number of hydrogen-bond acceptors (Lipinski definition) is 4. The third-order valence-electron chi connectivity index (χ3n) is 3.12. The lowest BCUT2D eigenvalue weighted by atomic mass is 10.1. The Bertz CT molecular complexity index is 546. The fraction of sp³-hybridized carbons (Fsp3) is 0.385. The lowest BCUT2D eigenvalue weighted by molar-refractivity contribution is -0.247. The highest BCUT2D eigenvalue weighted by Gasteiger charge is 2.27. The summed E-state index contributed by atoms with van der Waals surface area (Å²) in [7, 11) is 4.85. The Balaban J connectivity index is 2.39. The highest BCUT2D eigenvalue weighted by atomic mass is 16.5. The predicted octanol–water partition coefficient (Wildman–Crippen LogP) is 0.919. The maximum absolute atomic E-state index is 9.89. The molecule has 0 spiro atoms. The van der Waals surface area contributed by atoms with Crippen LogP contribution in [0, 0.1) is 0 Å². The fourth-order valence-corrected chi connectivity index (χ4v) is 1.84. The molecule has 18 heavy (non-hydrogen) atoms. The number of nitrogens with one attached hydrogen (secondary N) is 1. The number of aromatic amines is 1. The van der Waals surface area contributed by atoms with Gasteiger partial charge in [-0.1, -0.05) is 0 Å². The van der Waals surface area contributed by atoms with Crippen molar-refractivity contribution < 1.29 is 14.9 Å². The Morgan fingerprint density at radius 1 is 1.33 bits per heavy atom. The molecule has 0 atom stereocenters. The van der Waals surface area contributed by atoms with Gasteiger partial charge in [0.25, 0.3) is 0 Å². The summed E-state index contributed by atoms with van der Waals surface area (Å²) in [6.45, 7) is 0. The number of methoxy groups -OCH3 is 1. The lowest BCUT2D eigenvalue weighted by Crippen LogP contribution is -2.45. The second kappa shape index (κ2) is 4.61. The quantitative estimate of drug-likeness (QED) is 0.706. The van der Waals surface area contributed by atoms with Crippen LogP contribution in [0.2, 0.25) is 0 Å². The molecule has 5 heteroatoms. The average molecular weight is 250 g/mol. The van der Waals surface area contributed by atoms with E-state index in [0.717, 1.165) is 22.2 Å². The number of ether oxygens (including phenoxy) is 1. The molecule has 0 aliphatic rings. The first-order valence-electron chi connectivity index (χ1n) is 5.70. The Labute approximate surface area is 106 Å². The zero-order valence-corrected chi connectivity index (χ0v) is 10.8. The van der Waals surface area contributed by atoms with E-state index in [-0.39, 0.29) is 6.42 Å². The number of rotatable bonds is 4. The van der Waals surface area contributed by atoms with Crippen molar-refractivity contribution in [3.63, 3.8) is 0 Å². The van der Waals surface area contributed by atoms with Crippen molar-refractivity contribution in [2.24, 2.45) is 0 Å². The molecule has 0 aliphatic carbocycles. The smallest absolute Gasteiger partial charge is 0.228 e. The molecular weight excluding hydrogens is 232 g/mol. The van der Waals surface area contributed by atoms with Crippen LogP contribution in [-0.2, 0) is 6.42 Å². The van der Waals surface area contributed by atoms with Crippen molar-refractivity contribution >= 4 is 10.9 Å². The largest absolute Gasteiger partial charge is 0.497 e. The van der Waals surface area contributed by atoms with Crippen LogP contribution in [0.4, 0.5) is 0 Å². The molecule has 3 N–H and O–H groups in total. The summed E-state index contributed by atoms with van der Waals surface area (Å²) in [6.07, 6.45) is 1.90. The van der Waals surface area contributed by atoms with Gasteiger partial charge >= 0.3 is 0 Å². The minimum Gasteiger partial charge on any atom is -0.497 e. The van der Waals surface area contributed by atoms with Crippen LogP contribution in [0.1, 0.15) is 5.56 Å². The monoisotopic (exact) mass is 250 g/mol. The van der Waals surface area contributed by atoms with Crippen LogP contribution in [0.5, 0.6) is 5.75 Å². The van der Waals surface area contributed by atoms with Crippen molar-refractivity contribution in [2.45, 2.75) is 12.3 Å². The van der Waals surface area contributed by atoms with E-state index >= 15 is 0 Å². The lowest BCUT2D eigenvalue weighted by Gasteiger charge is -2.28. The third kappa shape index (κ3) is 2.33. The van der Waals surface area contributed by atoms with Crippen molar-refractivity contribution in [1.29, 1.82) is 0 Å². The molecule has 2 aromatic rings. The summed E-state index contributed by atoms with van der Waals surface area (Å²) >= 11 is 0. The first-order chi connectivity index (χ1) is 8.44. The van der Waals surface area contributed by atoms with Crippen molar-refractivity contribution in [2.75, 3.05) is 21.2 Å². The van der Waals surface area contributed by atoms with Gasteiger partial charge in [-0.25, -0.2) is 0 Å². The number of hydrogen-bond donors (Lipinski definition) is 3. The molecule has 0 aliphatic heterocycles. The van der Waals surface area contributed by atoms with E-state index in [0.29, 0.717) is 0 Å². The zero-order valence-electron chi connectivity index (χ0n) is 10.8. The van der Waals surface area contributed by atoms with Gasteiger partial charge in [0, 0.05) is 23.5 Å². The predicted molar refractivity (Wildman–Crippen MR) is 69.4 cm³/mol. The summed E-state index contributed by atoms with van der Waals surface area (Å²) in [5, 5.41) is 20.7. The van der Waals surface area contributed by atoms with Gasteiger partial charge in [-0.3, -0.25) is 4.90 Å². The van der Waals surface area contributed by atoms with E-state index in [1.54, 1.807) is 27.4 Å². The van der Waals surface area contributed by atoms with E-state index in [1.807, 2.05) is 18.2 Å². The SMILES string of the molecule is COc1ccc2[nH]cc(CC(O)(O)N(C)C)c2c1. The Morgan fingerprint density at radius 3 is 2.67 bits per heavy atom. The molecule has 98 valence electrons. The Kier molecular flexibility index (Phi) is 3.30. The van der Waals surface area contributed by atoms with Gasteiger partial charge in [-0.15, -0.1) is 0 Å². The van der Waals surface area contributed by atoms with Gasteiger partial charge in [-0.05, 0) is 37.9 Å². The fourth-order valence-electron chi connectivity index (χ4n) is 1.84. The van der Waals surface area contributed by atoms with E-state index in [1.165, 1.54) is 4.90 Å². The zero-order chi connectivity index (χ0) is 13.3. The maximum Gasteiger partial charge on any atom is 0.228 e. The number of likely N-dealkylation sites (N-methyl/N-ethyl adjacent to an activating group) is 1. The van der Waals surface area contributed by atoms with Gasteiger partial charge in [0.1, 0.15) is 5.75 Å². The average Bonchev–Trinajstić information content (AvgIpc) is 2.71. The van der Waals surface area contributed by atoms with Crippen LogP contribution in [0.15, 0.2) is 24.4 Å². The highest BCUT2D eigenvalue weighted by Crippen LogP contribution is 2.26. The topological polar surface area (TPSA) is 68.7 Å². The van der Waals surface area contributed by atoms with E-state index in [9.17, 15) is 10.2 Å². The van der Waals surface area contributed by atoms with Crippen LogP contribution >= 0.6 is 0 Å². The Hall–Kier alpha value is -1.56. The number of aromatic nitrogens is 1. The van der Waals surface area contributed by atoms with Crippen molar-refractivity contribution in [1.82, 2.24) is 9.88 Å². The van der Waals surface area contributed by atoms with Gasteiger partial charge in [0.2, 0.25) is 5.91 Å².